The third kappa shape index (κ3) is 4.38. The van der Waals surface area contributed by atoms with E-state index in [4.69, 9.17) is 13.9 Å². The lowest BCUT2D eigenvalue weighted by atomic mass is 9.53. The van der Waals surface area contributed by atoms with Crippen LogP contribution >= 0.6 is 0 Å². The second-order valence-electron chi connectivity index (χ2n) is 11.8. The molecule has 4 atom stereocenters. The van der Waals surface area contributed by atoms with E-state index < -0.39 is 21.3 Å². The zero-order valence-corrected chi connectivity index (χ0v) is 22.6. The van der Waals surface area contributed by atoms with Gasteiger partial charge in [0, 0.05) is 12.6 Å². The number of hydrogen-bond donors (Lipinski definition) is 0. The summed E-state index contributed by atoms with van der Waals surface area (Å²) >= 11 is 0. The summed E-state index contributed by atoms with van der Waals surface area (Å²) in [5, 5.41) is 0. The molecule has 8 heteroatoms. The van der Waals surface area contributed by atoms with Crippen molar-refractivity contribution < 1.29 is 22.1 Å². The van der Waals surface area contributed by atoms with Gasteiger partial charge in [0.1, 0.15) is 10.5 Å². The van der Waals surface area contributed by atoms with Gasteiger partial charge in [-0.05, 0) is 101 Å². The molecule has 2 heterocycles. The topological polar surface area (TPSA) is 85.8 Å². The Bertz CT molecular complexity index is 1270. The second kappa shape index (κ2) is 8.75. The number of piperidine rings is 1. The standard InChI is InChI=1S/C28H36N2O5S/c1-18-8-10-21(11-9-18)36(32,33)35-25-13-12-23-24(29-25)16-20-15-19(2)17-28(23)22(20)7-6-14-30(28)26(31)34-27(3,4)5/h8-13,19-20,22H,6-7,14-17H2,1-5H3/t19-,20+,22-,28-/m1/s1. The fourth-order valence-corrected chi connectivity index (χ4v) is 7.62. The first kappa shape index (κ1) is 25.1. The number of aryl methyl sites for hydroxylation is 1. The number of fused-ring (bicyclic) bond motifs is 1. The van der Waals surface area contributed by atoms with Gasteiger partial charge in [-0.3, -0.25) is 4.90 Å². The average Bonchev–Trinajstić information content (AvgIpc) is 2.77. The summed E-state index contributed by atoms with van der Waals surface area (Å²) in [4.78, 5) is 20.3. The Morgan fingerprint density at radius 3 is 2.56 bits per heavy atom. The number of likely N-dealkylation sites (tertiary alicyclic amines) is 1. The zero-order valence-electron chi connectivity index (χ0n) is 21.8. The first-order chi connectivity index (χ1) is 16.9. The van der Waals surface area contributed by atoms with Crippen molar-refractivity contribution >= 4 is 16.2 Å². The molecule has 7 nitrogen and oxygen atoms in total. The largest absolute Gasteiger partial charge is 0.444 e. The average molecular weight is 513 g/mol. The minimum Gasteiger partial charge on any atom is -0.444 e. The first-order valence-corrected chi connectivity index (χ1v) is 14.3. The highest BCUT2D eigenvalue weighted by Crippen LogP contribution is 2.59. The molecule has 0 N–H and O–H groups in total. The molecule has 5 rings (SSSR count). The van der Waals surface area contributed by atoms with Crippen LogP contribution in [0.4, 0.5) is 4.79 Å². The van der Waals surface area contributed by atoms with Gasteiger partial charge in [-0.2, -0.15) is 8.42 Å². The van der Waals surface area contributed by atoms with E-state index in [2.05, 4.69) is 6.92 Å². The van der Waals surface area contributed by atoms with E-state index in [-0.39, 0.29) is 16.9 Å². The molecule has 2 bridgehead atoms. The molecule has 1 aromatic heterocycles. The fourth-order valence-electron chi connectivity index (χ4n) is 6.73. The molecule has 1 aromatic carbocycles. The summed E-state index contributed by atoms with van der Waals surface area (Å²) in [6, 6.07) is 10.1. The summed E-state index contributed by atoms with van der Waals surface area (Å²) < 4.78 is 37.1. The number of hydrogen-bond acceptors (Lipinski definition) is 6. The Labute approximate surface area is 214 Å². The maximum absolute atomic E-state index is 13.5. The van der Waals surface area contributed by atoms with Crippen molar-refractivity contribution in [2.75, 3.05) is 6.54 Å². The fraction of sp³-hybridized carbons (Fsp3) is 0.571. The van der Waals surface area contributed by atoms with Gasteiger partial charge < -0.3 is 8.92 Å². The lowest BCUT2D eigenvalue weighted by Gasteiger charge is -2.61. The maximum atomic E-state index is 13.5. The van der Waals surface area contributed by atoms with Gasteiger partial charge in [0.2, 0.25) is 5.88 Å². The van der Waals surface area contributed by atoms with Crippen molar-refractivity contribution in [3.05, 3.63) is 53.2 Å². The highest BCUT2D eigenvalue weighted by atomic mass is 32.2. The van der Waals surface area contributed by atoms with Crippen molar-refractivity contribution in [2.45, 2.75) is 82.8 Å². The number of carbonyl (C=O) groups excluding carboxylic acids is 1. The van der Waals surface area contributed by atoms with Crippen LogP contribution in [0, 0.1) is 24.7 Å². The predicted molar refractivity (Wildman–Crippen MR) is 136 cm³/mol. The molecule has 2 fully saturated rings. The van der Waals surface area contributed by atoms with Crippen LogP contribution in [0.1, 0.15) is 70.2 Å². The molecular weight excluding hydrogens is 476 g/mol. The quantitative estimate of drug-likeness (QED) is 0.498. The van der Waals surface area contributed by atoms with Crippen molar-refractivity contribution in [1.29, 1.82) is 0 Å². The van der Waals surface area contributed by atoms with Gasteiger partial charge in [0.15, 0.2) is 0 Å². The van der Waals surface area contributed by atoms with E-state index in [1.807, 2.05) is 38.7 Å². The van der Waals surface area contributed by atoms with E-state index in [0.29, 0.717) is 24.3 Å². The third-order valence-electron chi connectivity index (χ3n) is 7.91. The predicted octanol–water partition coefficient (Wildman–Crippen LogP) is 5.60. The molecule has 194 valence electrons. The molecule has 0 radical (unpaired) electrons. The van der Waals surface area contributed by atoms with E-state index >= 15 is 0 Å². The maximum Gasteiger partial charge on any atom is 0.411 e. The molecule has 2 aliphatic carbocycles. The van der Waals surface area contributed by atoms with E-state index in [1.165, 1.54) is 0 Å². The number of nitrogens with zero attached hydrogens (tertiary/aromatic N) is 2. The number of pyridine rings is 1. The smallest absolute Gasteiger partial charge is 0.411 e. The van der Waals surface area contributed by atoms with Gasteiger partial charge in [0.25, 0.3) is 0 Å². The number of amides is 1. The van der Waals surface area contributed by atoms with Gasteiger partial charge in [-0.15, -0.1) is 0 Å². The summed E-state index contributed by atoms with van der Waals surface area (Å²) in [5.41, 5.74) is 1.74. The molecule has 1 amide bonds. The van der Waals surface area contributed by atoms with Crippen LogP contribution in [0.5, 0.6) is 5.88 Å². The van der Waals surface area contributed by atoms with Gasteiger partial charge >= 0.3 is 16.2 Å². The van der Waals surface area contributed by atoms with Crippen molar-refractivity contribution in [2.24, 2.45) is 17.8 Å². The van der Waals surface area contributed by atoms with E-state index in [0.717, 1.165) is 48.9 Å². The zero-order chi connectivity index (χ0) is 25.9. The lowest BCUT2D eigenvalue weighted by molar-refractivity contribution is -0.0933. The second-order valence-corrected chi connectivity index (χ2v) is 13.4. The lowest BCUT2D eigenvalue weighted by Crippen LogP contribution is -2.64. The SMILES string of the molecule is Cc1ccc(S(=O)(=O)Oc2ccc3c(n2)C[C@@H]2C[C@@H](C)C[C@@]34[C@@H]2CCCN4C(=O)OC(C)(C)C)cc1. The summed E-state index contributed by atoms with van der Waals surface area (Å²) in [7, 11) is -4.00. The first-order valence-electron chi connectivity index (χ1n) is 12.9. The molecule has 1 saturated heterocycles. The highest BCUT2D eigenvalue weighted by molar-refractivity contribution is 7.87. The monoisotopic (exact) mass is 512 g/mol. The number of ether oxygens (including phenoxy) is 1. The molecule has 3 aliphatic rings. The number of aromatic nitrogens is 1. The van der Waals surface area contributed by atoms with Crippen LogP contribution in [-0.4, -0.2) is 36.5 Å². The van der Waals surface area contributed by atoms with Crippen LogP contribution in [0.15, 0.2) is 41.3 Å². The minimum absolute atomic E-state index is 0.0647. The van der Waals surface area contributed by atoms with Crippen molar-refractivity contribution in [1.82, 2.24) is 9.88 Å². The van der Waals surface area contributed by atoms with Gasteiger partial charge in [-0.25, -0.2) is 9.78 Å². The van der Waals surface area contributed by atoms with Crippen LogP contribution in [0.25, 0.3) is 0 Å². The normalized spacial score (nSPS) is 27.6. The Balaban J connectivity index is 1.54. The molecule has 1 aliphatic heterocycles. The molecule has 2 aromatic rings. The van der Waals surface area contributed by atoms with Crippen LogP contribution in [0.3, 0.4) is 0 Å². The highest BCUT2D eigenvalue weighted by Gasteiger charge is 2.59. The van der Waals surface area contributed by atoms with Crippen LogP contribution in [0.2, 0.25) is 0 Å². The van der Waals surface area contributed by atoms with Crippen LogP contribution < -0.4 is 4.18 Å². The van der Waals surface area contributed by atoms with E-state index in [1.54, 1.807) is 30.3 Å². The summed E-state index contributed by atoms with van der Waals surface area (Å²) in [6.45, 7) is 10.5. The molecular formula is C28H36N2O5S. The molecule has 1 saturated carbocycles. The Hall–Kier alpha value is -2.61. The van der Waals surface area contributed by atoms with Gasteiger partial charge in [0.05, 0.1) is 11.2 Å². The van der Waals surface area contributed by atoms with Gasteiger partial charge in [-0.1, -0.05) is 24.6 Å². The van der Waals surface area contributed by atoms with Crippen LogP contribution in [-0.2, 0) is 26.8 Å². The Morgan fingerprint density at radius 2 is 1.86 bits per heavy atom. The van der Waals surface area contributed by atoms with E-state index in [9.17, 15) is 13.2 Å². The third-order valence-corrected chi connectivity index (χ3v) is 9.15. The number of carbonyl (C=O) groups is 1. The van der Waals surface area contributed by atoms with Crippen molar-refractivity contribution in [3.63, 3.8) is 0 Å². The number of rotatable bonds is 3. The number of benzene rings is 1. The molecule has 36 heavy (non-hydrogen) atoms. The van der Waals surface area contributed by atoms with Crippen molar-refractivity contribution in [3.8, 4) is 5.88 Å². The molecule has 0 unspecified atom stereocenters. The Kier molecular flexibility index (Phi) is 6.09. The molecule has 0 spiro atoms. The summed E-state index contributed by atoms with van der Waals surface area (Å²) in [5.74, 6) is 1.24. The minimum atomic E-state index is -4.00. The summed E-state index contributed by atoms with van der Waals surface area (Å²) in [6.07, 6.45) is 4.42. The Morgan fingerprint density at radius 1 is 1.14 bits per heavy atom.